The van der Waals surface area contributed by atoms with Crippen LogP contribution in [-0.2, 0) is 0 Å². The Morgan fingerprint density at radius 3 is 2.52 bits per heavy atom. The van der Waals surface area contributed by atoms with Crippen molar-refractivity contribution in [1.29, 1.82) is 0 Å². The Hall–Kier alpha value is -3.53. The highest BCUT2D eigenvalue weighted by molar-refractivity contribution is 5.87. The second kappa shape index (κ2) is 7.13. The number of carboxylic acids is 1. The highest BCUT2D eigenvalue weighted by atomic mass is 16.5. The number of ether oxygens (including phenoxy) is 1. The molecule has 4 nitrogen and oxygen atoms in total. The molecule has 1 heterocycles. The molecule has 0 amide bonds. The van der Waals surface area contributed by atoms with Crippen LogP contribution in [0.3, 0.4) is 0 Å². The lowest BCUT2D eigenvalue weighted by molar-refractivity contribution is 0.0697. The number of hydrogen-bond acceptors (Lipinski definition) is 3. The van der Waals surface area contributed by atoms with Gasteiger partial charge in [-0.05, 0) is 65.9 Å². The fourth-order valence-electron chi connectivity index (χ4n) is 4.42. The van der Waals surface area contributed by atoms with Crippen LogP contribution in [0.15, 0.2) is 84.9 Å². The molecule has 3 atom stereocenters. The topological polar surface area (TPSA) is 58.6 Å². The molecule has 2 aliphatic rings. The lowest BCUT2D eigenvalue weighted by Gasteiger charge is -2.37. The second-order valence-corrected chi connectivity index (χ2v) is 7.57. The van der Waals surface area contributed by atoms with E-state index in [9.17, 15) is 4.79 Å². The van der Waals surface area contributed by atoms with E-state index in [1.807, 2.05) is 48.5 Å². The van der Waals surface area contributed by atoms with Crippen molar-refractivity contribution in [3.8, 4) is 11.5 Å². The molecule has 4 heteroatoms. The number of carboxylic acid groups (broad SMARTS) is 1. The lowest BCUT2D eigenvalue weighted by Crippen LogP contribution is -2.29. The van der Waals surface area contributed by atoms with Gasteiger partial charge in [-0.3, -0.25) is 0 Å². The van der Waals surface area contributed by atoms with Gasteiger partial charge < -0.3 is 15.2 Å². The minimum absolute atomic E-state index is 0.145. The Balaban J connectivity index is 1.46. The third-order valence-corrected chi connectivity index (χ3v) is 5.83. The van der Waals surface area contributed by atoms with Crippen molar-refractivity contribution in [2.24, 2.45) is 5.92 Å². The molecule has 0 unspecified atom stereocenters. The van der Waals surface area contributed by atoms with Crippen molar-refractivity contribution in [1.82, 2.24) is 0 Å². The summed E-state index contributed by atoms with van der Waals surface area (Å²) in [4.78, 5) is 11.2. The molecule has 0 spiro atoms. The third-order valence-electron chi connectivity index (χ3n) is 5.83. The quantitative estimate of drug-likeness (QED) is 0.542. The zero-order valence-electron chi connectivity index (χ0n) is 15.8. The van der Waals surface area contributed by atoms with Crippen LogP contribution in [0.1, 0.15) is 39.9 Å². The first-order chi connectivity index (χ1) is 14.2. The van der Waals surface area contributed by atoms with Crippen molar-refractivity contribution in [2.45, 2.75) is 18.4 Å². The molecule has 1 aliphatic carbocycles. The maximum Gasteiger partial charge on any atom is 0.335 e. The van der Waals surface area contributed by atoms with E-state index >= 15 is 0 Å². The van der Waals surface area contributed by atoms with Crippen LogP contribution in [-0.4, -0.2) is 11.1 Å². The summed E-state index contributed by atoms with van der Waals surface area (Å²) in [5.41, 5.74) is 3.78. The van der Waals surface area contributed by atoms with Crippen LogP contribution in [0, 0.1) is 5.92 Å². The lowest BCUT2D eigenvalue weighted by atomic mass is 9.77. The maximum atomic E-state index is 11.2. The van der Waals surface area contributed by atoms with Crippen molar-refractivity contribution in [2.75, 3.05) is 5.32 Å². The summed E-state index contributed by atoms with van der Waals surface area (Å²) >= 11 is 0. The smallest absolute Gasteiger partial charge is 0.335 e. The third kappa shape index (κ3) is 3.27. The predicted octanol–water partition coefficient (Wildman–Crippen LogP) is 6.00. The second-order valence-electron chi connectivity index (χ2n) is 7.57. The van der Waals surface area contributed by atoms with Gasteiger partial charge in [-0.25, -0.2) is 4.79 Å². The van der Waals surface area contributed by atoms with Crippen molar-refractivity contribution in [3.63, 3.8) is 0 Å². The normalized spacial score (nSPS) is 21.7. The fraction of sp³-hybridized carbons (Fsp3) is 0.160. The number of carbonyl (C=O) groups is 1. The zero-order chi connectivity index (χ0) is 19.8. The fourth-order valence-corrected chi connectivity index (χ4v) is 4.42. The average molecular weight is 383 g/mol. The molecule has 0 fully saturated rings. The molecule has 144 valence electrons. The standard InChI is InChI=1S/C25H21NO3/c27-25(28)17-11-9-16(10-12-17)24-21-8-4-7-20(21)22-15-19(13-14-23(22)26-24)29-18-5-2-1-3-6-18/h1-7,9-15,20-21,24,26H,8H2,(H,27,28)/t20-,21+,24+/m1/s1. The van der Waals surface area contributed by atoms with Crippen LogP contribution >= 0.6 is 0 Å². The minimum atomic E-state index is -0.898. The number of fused-ring (bicyclic) bond motifs is 3. The molecule has 0 aromatic heterocycles. The van der Waals surface area contributed by atoms with Crippen LogP contribution in [0.2, 0.25) is 0 Å². The molecule has 0 saturated carbocycles. The monoisotopic (exact) mass is 383 g/mol. The van der Waals surface area contributed by atoms with Crippen LogP contribution in [0.4, 0.5) is 5.69 Å². The molecular weight excluding hydrogens is 362 g/mol. The number of rotatable bonds is 4. The summed E-state index contributed by atoms with van der Waals surface area (Å²) < 4.78 is 6.03. The summed E-state index contributed by atoms with van der Waals surface area (Å²) in [5.74, 6) is 1.47. The molecule has 2 N–H and O–H groups in total. The Morgan fingerprint density at radius 1 is 0.966 bits per heavy atom. The van der Waals surface area contributed by atoms with Crippen molar-refractivity contribution >= 4 is 11.7 Å². The number of allylic oxidation sites excluding steroid dienone is 2. The Morgan fingerprint density at radius 2 is 1.76 bits per heavy atom. The van der Waals surface area contributed by atoms with E-state index in [0.29, 0.717) is 17.4 Å². The number of aromatic carboxylic acids is 1. The van der Waals surface area contributed by atoms with E-state index in [0.717, 1.165) is 29.2 Å². The molecule has 0 radical (unpaired) electrons. The summed E-state index contributed by atoms with van der Waals surface area (Å²) in [5, 5.41) is 12.8. The molecule has 0 saturated heterocycles. The highest BCUT2D eigenvalue weighted by Gasteiger charge is 2.38. The Labute approximate surface area is 169 Å². The van der Waals surface area contributed by atoms with Gasteiger partial charge in [0.2, 0.25) is 0 Å². The first kappa shape index (κ1) is 17.6. The van der Waals surface area contributed by atoms with E-state index in [2.05, 4.69) is 29.6 Å². The number of nitrogens with one attached hydrogen (secondary N) is 1. The van der Waals surface area contributed by atoms with Gasteiger partial charge in [-0.15, -0.1) is 0 Å². The van der Waals surface area contributed by atoms with E-state index in [1.165, 1.54) is 5.56 Å². The average Bonchev–Trinajstić information content (AvgIpc) is 3.24. The minimum Gasteiger partial charge on any atom is -0.478 e. The van der Waals surface area contributed by atoms with Gasteiger partial charge >= 0.3 is 5.97 Å². The summed E-state index contributed by atoms with van der Waals surface area (Å²) in [6.45, 7) is 0. The molecule has 1 aliphatic heterocycles. The van der Waals surface area contributed by atoms with Gasteiger partial charge in [0.15, 0.2) is 0 Å². The van der Waals surface area contributed by atoms with Crippen LogP contribution in [0.5, 0.6) is 11.5 Å². The zero-order valence-corrected chi connectivity index (χ0v) is 15.8. The van der Waals surface area contributed by atoms with Gasteiger partial charge in [-0.2, -0.15) is 0 Å². The summed E-state index contributed by atoms with van der Waals surface area (Å²) in [7, 11) is 0. The molecule has 29 heavy (non-hydrogen) atoms. The number of anilines is 1. The largest absolute Gasteiger partial charge is 0.478 e. The van der Waals surface area contributed by atoms with E-state index < -0.39 is 5.97 Å². The van der Waals surface area contributed by atoms with E-state index in [1.54, 1.807) is 12.1 Å². The maximum absolute atomic E-state index is 11.2. The first-order valence-corrected chi connectivity index (χ1v) is 9.82. The number of hydrogen-bond donors (Lipinski definition) is 2. The number of para-hydroxylation sites is 1. The summed E-state index contributed by atoms with van der Waals surface area (Å²) in [6.07, 6.45) is 5.52. The first-order valence-electron chi connectivity index (χ1n) is 9.82. The van der Waals surface area contributed by atoms with E-state index in [-0.39, 0.29) is 6.04 Å². The SMILES string of the molecule is O=C(O)c1ccc([C@@H]2Nc3ccc(Oc4ccccc4)cc3[C@@H]3C=CC[C@@H]32)cc1. The molecule has 0 bridgehead atoms. The predicted molar refractivity (Wildman–Crippen MR) is 113 cm³/mol. The van der Waals surface area contributed by atoms with Crippen molar-refractivity contribution < 1.29 is 14.6 Å². The molecule has 3 aromatic carbocycles. The Bertz CT molecular complexity index is 1070. The van der Waals surface area contributed by atoms with Gasteiger partial charge in [-0.1, -0.05) is 42.5 Å². The molecular formula is C25H21NO3. The van der Waals surface area contributed by atoms with Gasteiger partial charge in [0.05, 0.1) is 11.6 Å². The van der Waals surface area contributed by atoms with Crippen LogP contribution < -0.4 is 10.1 Å². The van der Waals surface area contributed by atoms with E-state index in [4.69, 9.17) is 9.84 Å². The van der Waals surface area contributed by atoms with Gasteiger partial charge in [0.1, 0.15) is 11.5 Å². The van der Waals surface area contributed by atoms with Crippen LogP contribution in [0.25, 0.3) is 0 Å². The molecule has 3 aromatic rings. The number of benzene rings is 3. The van der Waals surface area contributed by atoms with Gasteiger partial charge in [0, 0.05) is 11.6 Å². The summed E-state index contributed by atoms with van der Waals surface area (Å²) in [6, 6.07) is 23.4. The van der Waals surface area contributed by atoms with Crippen molar-refractivity contribution in [3.05, 3.63) is 102 Å². The molecule has 5 rings (SSSR count). The highest BCUT2D eigenvalue weighted by Crippen LogP contribution is 2.50. The van der Waals surface area contributed by atoms with Gasteiger partial charge in [0.25, 0.3) is 0 Å². The Kier molecular flexibility index (Phi) is 4.32.